The molecule has 0 aromatic rings. The van der Waals surface area contributed by atoms with Gasteiger partial charge in [0.05, 0.1) is 0 Å². The Bertz CT molecular complexity index is 71.0. The van der Waals surface area contributed by atoms with Gasteiger partial charge in [0.1, 0.15) is 0 Å². The topological polar surface area (TPSA) is 0 Å². The van der Waals surface area contributed by atoms with E-state index in [1.165, 1.54) is 0 Å². The summed E-state index contributed by atoms with van der Waals surface area (Å²) < 4.78 is 0. The van der Waals surface area contributed by atoms with Crippen LogP contribution in [-0.4, -0.2) is 0 Å². The minimum atomic E-state index is 0. The Kier molecular flexibility index (Phi) is 237. The van der Waals surface area contributed by atoms with Crippen molar-refractivity contribution in [3.63, 3.8) is 0 Å². The van der Waals surface area contributed by atoms with Crippen LogP contribution in [-0.2, 0) is 20.1 Å². The normalized spacial score (nSPS) is 6.77. The minimum Gasteiger partial charge on any atom is -1.00 e. The molecule has 0 aromatic carbocycles. The number of halogens is 2. The van der Waals surface area contributed by atoms with E-state index in [4.69, 9.17) is 0 Å². The largest absolute Gasteiger partial charge is 1.00 e. The zero-order valence-electron chi connectivity index (χ0n) is 9.03. The summed E-state index contributed by atoms with van der Waals surface area (Å²) in [6.45, 7) is 0. The molecule has 0 unspecified atom stereocenters. The second-order valence-corrected chi connectivity index (χ2v) is 1.00. The number of rotatable bonds is 0. The number of hydrogen-bond donors (Lipinski definition) is 0. The quantitative estimate of drug-likeness (QED) is 0.219. The molecule has 3 heteroatoms. The first-order valence-corrected chi connectivity index (χ1v) is 1.72. The molecule has 0 aromatic heterocycles. The summed E-state index contributed by atoms with van der Waals surface area (Å²) in [7, 11) is 0. The van der Waals surface area contributed by atoms with Crippen LogP contribution >= 0.6 is 0 Å². The fourth-order valence-corrected chi connectivity index (χ4v) is 0.340. The van der Waals surface area contributed by atoms with Gasteiger partial charge in [-0.05, 0) is 0 Å². The number of hydrogen-bond acceptors (Lipinski definition) is 0. The second kappa shape index (κ2) is 49.6. The Labute approximate surface area is 134 Å². The molecule has 1 rings (SSSR count). The fourth-order valence-electron chi connectivity index (χ4n) is 0.340. The molecule has 0 aliphatic heterocycles. The van der Waals surface area contributed by atoms with Crippen LogP contribution in [0.15, 0.2) is 18.2 Å². The molecular formula is C10H20I2Ir-8. The van der Waals surface area contributed by atoms with Crippen molar-refractivity contribution < 1.29 is 68.1 Å². The van der Waals surface area contributed by atoms with E-state index in [1.54, 1.807) is 0 Å². The summed E-state index contributed by atoms with van der Waals surface area (Å²) in [4.78, 5) is 0. The molecule has 0 atom stereocenters. The Morgan fingerprint density at radius 1 is 0.846 bits per heavy atom. The maximum absolute atomic E-state index is 2.99. The molecule has 1 aliphatic rings. The van der Waals surface area contributed by atoms with Gasteiger partial charge in [0.25, 0.3) is 0 Å². The molecule has 0 nitrogen and oxygen atoms in total. The van der Waals surface area contributed by atoms with Crippen molar-refractivity contribution in [1.29, 1.82) is 0 Å². The molecule has 1 radical (unpaired) electrons. The van der Waals surface area contributed by atoms with Gasteiger partial charge in [-0.3, -0.25) is 6.08 Å². The third-order valence-corrected chi connectivity index (χ3v) is 0.586. The summed E-state index contributed by atoms with van der Waals surface area (Å²) >= 11 is 0. The fraction of sp³-hybridized carbons (Fsp3) is 0.100. The van der Waals surface area contributed by atoms with E-state index in [9.17, 15) is 0 Å². The zero-order valence-corrected chi connectivity index (χ0v) is 15.7. The van der Waals surface area contributed by atoms with E-state index in [-0.39, 0.29) is 105 Å². The Hall–Kier alpha value is 1.59. The predicted molar refractivity (Wildman–Crippen MR) is 53.6 cm³/mol. The van der Waals surface area contributed by atoms with Crippen LogP contribution in [0.1, 0.15) is 6.42 Å². The molecule has 91 valence electrons. The SMILES string of the molecule is [C-]1=CC=CC1.[CH3-].[CH3-].[CH3-].[CH3-].[CH3-].[I-].[I-].[Ir]. The van der Waals surface area contributed by atoms with Crippen LogP contribution in [0, 0.1) is 43.2 Å². The molecule has 0 saturated heterocycles. The summed E-state index contributed by atoms with van der Waals surface area (Å²) in [6.07, 6.45) is 10.0. The summed E-state index contributed by atoms with van der Waals surface area (Å²) in [5.41, 5.74) is 0. The van der Waals surface area contributed by atoms with E-state index < -0.39 is 0 Å². The predicted octanol–water partition coefficient (Wildman–Crippen LogP) is -2.44. The van der Waals surface area contributed by atoms with E-state index >= 15 is 0 Å². The molecule has 0 N–H and O–H groups in total. The maximum atomic E-state index is 2.99. The van der Waals surface area contributed by atoms with E-state index in [0.717, 1.165) is 6.42 Å². The zero-order chi connectivity index (χ0) is 3.54. The monoisotopic (exact) mass is 587 g/mol. The van der Waals surface area contributed by atoms with Crippen molar-refractivity contribution in [2.24, 2.45) is 0 Å². The molecule has 0 heterocycles. The van der Waals surface area contributed by atoms with Gasteiger partial charge in [-0.25, -0.2) is 12.2 Å². The van der Waals surface area contributed by atoms with Crippen LogP contribution < -0.4 is 48.0 Å². The molecule has 0 fully saturated rings. The first-order chi connectivity index (χ1) is 2.50. The van der Waals surface area contributed by atoms with Gasteiger partial charge >= 0.3 is 0 Å². The average Bonchev–Trinajstić information content (AvgIpc) is 1.76. The van der Waals surface area contributed by atoms with Crippen LogP contribution in [0.5, 0.6) is 0 Å². The Morgan fingerprint density at radius 3 is 1.31 bits per heavy atom. The molecule has 0 spiro atoms. The van der Waals surface area contributed by atoms with Gasteiger partial charge in [0.2, 0.25) is 0 Å². The van der Waals surface area contributed by atoms with E-state index in [2.05, 4.69) is 12.2 Å². The molecular weight excluding hydrogens is 566 g/mol. The summed E-state index contributed by atoms with van der Waals surface area (Å²) in [5.74, 6) is 0. The van der Waals surface area contributed by atoms with E-state index in [1.807, 2.05) is 12.2 Å². The second-order valence-electron chi connectivity index (χ2n) is 1.00. The van der Waals surface area contributed by atoms with Gasteiger partial charge in [-0.1, -0.05) is 0 Å². The Balaban J connectivity index is -0.00000000521. The van der Waals surface area contributed by atoms with Crippen molar-refractivity contribution >= 4 is 0 Å². The standard InChI is InChI=1S/C5H5.5CH3.2HI.Ir/c1-2-4-5-3-1;;;;;;;;/h1-3H,4H2;5*1H3;2*1H;/q6*-1;;;/p-2. The van der Waals surface area contributed by atoms with Crippen molar-refractivity contribution in [1.82, 2.24) is 0 Å². The minimum absolute atomic E-state index is 0. The van der Waals surface area contributed by atoms with Gasteiger partial charge < -0.3 is 85.1 Å². The van der Waals surface area contributed by atoms with Crippen molar-refractivity contribution in [3.05, 3.63) is 61.4 Å². The molecule has 0 amide bonds. The third kappa shape index (κ3) is 42.0. The molecule has 13 heavy (non-hydrogen) atoms. The van der Waals surface area contributed by atoms with Gasteiger partial charge in [0.15, 0.2) is 0 Å². The van der Waals surface area contributed by atoms with Crippen LogP contribution in [0.3, 0.4) is 0 Å². The van der Waals surface area contributed by atoms with Crippen LogP contribution in [0.4, 0.5) is 0 Å². The first kappa shape index (κ1) is 62.1. The maximum Gasteiger partial charge on any atom is 0 e. The Morgan fingerprint density at radius 2 is 1.23 bits per heavy atom. The van der Waals surface area contributed by atoms with Gasteiger partial charge in [-0.2, -0.15) is 6.08 Å². The van der Waals surface area contributed by atoms with Gasteiger partial charge in [0, 0.05) is 20.1 Å². The summed E-state index contributed by atoms with van der Waals surface area (Å²) in [5, 5.41) is 0. The van der Waals surface area contributed by atoms with Crippen LogP contribution in [0.2, 0.25) is 0 Å². The van der Waals surface area contributed by atoms with Crippen molar-refractivity contribution in [3.8, 4) is 0 Å². The average molecular weight is 586 g/mol. The third-order valence-electron chi connectivity index (χ3n) is 0.586. The van der Waals surface area contributed by atoms with Gasteiger partial charge in [-0.15, -0.1) is 6.42 Å². The van der Waals surface area contributed by atoms with E-state index in [0.29, 0.717) is 0 Å². The first-order valence-electron chi connectivity index (χ1n) is 1.72. The summed E-state index contributed by atoms with van der Waals surface area (Å²) in [6, 6.07) is 0. The molecule has 0 saturated carbocycles. The van der Waals surface area contributed by atoms with Crippen molar-refractivity contribution in [2.75, 3.05) is 0 Å². The smallest absolute Gasteiger partial charge is 0 e. The van der Waals surface area contributed by atoms with Crippen molar-refractivity contribution in [2.45, 2.75) is 6.42 Å². The molecule has 0 bridgehead atoms. The van der Waals surface area contributed by atoms with Crippen LogP contribution in [0.25, 0.3) is 0 Å². The number of allylic oxidation sites excluding steroid dienone is 4. The molecule has 1 aliphatic carbocycles.